The van der Waals surface area contributed by atoms with Gasteiger partial charge >= 0.3 is 5.69 Å². The maximum Gasteiger partial charge on any atom is 0.330 e. The van der Waals surface area contributed by atoms with Crippen LogP contribution in [0, 0.1) is 6.92 Å². The van der Waals surface area contributed by atoms with Crippen LogP contribution in [0.1, 0.15) is 25.1 Å². The van der Waals surface area contributed by atoms with Crippen molar-refractivity contribution in [1.82, 2.24) is 9.55 Å². The van der Waals surface area contributed by atoms with Crippen LogP contribution in [0.5, 0.6) is 0 Å². The summed E-state index contributed by atoms with van der Waals surface area (Å²) in [6, 6.07) is 0. The number of ether oxygens (including phenoxy) is 2. The molecule has 1 aromatic rings. The standard InChI is InChI=1S/C13H20N2O6/c1-3-4-20-10-9(17)8(6-16)21-12(10)15-5-7(2)11(18)14-13(15)19/h5,8-10,12,16-17H,3-4,6H2,1-2H3,(H,14,18,19)/t8-,9+,10-,12-/m1/s1. The molecule has 118 valence electrons. The molecular formula is C13H20N2O6. The molecule has 2 heterocycles. The summed E-state index contributed by atoms with van der Waals surface area (Å²) in [6.45, 7) is 3.47. The molecule has 3 N–H and O–H groups in total. The van der Waals surface area contributed by atoms with Gasteiger partial charge in [0, 0.05) is 18.4 Å². The number of rotatable bonds is 5. The third kappa shape index (κ3) is 3.08. The van der Waals surface area contributed by atoms with Crippen molar-refractivity contribution in [3.8, 4) is 0 Å². The normalized spacial score (nSPS) is 29.0. The van der Waals surface area contributed by atoms with Gasteiger partial charge in [0.2, 0.25) is 0 Å². The molecule has 1 aromatic heterocycles. The minimum atomic E-state index is -1.05. The second-order valence-electron chi connectivity index (χ2n) is 5.05. The van der Waals surface area contributed by atoms with Gasteiger partial charge in [-0.2, -0.15) is 0 Å². The summed E-state index contributed by atoms with van der Waals surface area (Å²) in [5.74, 6) is 0. The van der Waals surface area contributed by atoms with E-state index in [2.05, 4.69) is 4.98 Å². The fourth-order valence-corrected chi connectivity index (χ4v) is 2.30. The molecule has 0 aromatic carbocycles. The van der Waals surface area contributed by atoms with E-state index >= 15 is 0 Å². The van der Waals surface area contributed by atoms with Crippen molar-refractivity contribution in [3.63, 3.8) is 0 Å². The Morgan fingerprint density at radius 3 is 2.81 bits per heavy atom. The first-order chi connectivity index (χ1) is 9.99. The monoisotopic (exact) mass is 300 g/mol. The number of aryl methyl sites for hydroxylation is 1. The van der Waals surface area contributed by atoms with Crippen LogP contribution in [0.25, 0.3) is 0 Å². The van der Waals surface area contributed by atoms with Crippen molar-refractivity contribution in [2.45, 2.75) is 44.8 Å². The molecule has 1 saturated heterocycles. The lowest BCUT2D eigenvalue weighted by Crippen LogP contribution is -2.40. The number of aromatic nitrogens is 2. The van der Waals surface area contributed by atoms with Gasteiger partial charge in [-0.05, 0) is 13.3 Å². The first-order valence-corrected chi connectivity index (χ1v) is 6.87. The van der Waals surface area contributed by atoms with E-state index in [1.807, 2.05) is 6.92 Å². The Bertz CT molecular complexity index is 595. The van der Waals surface area contributed by atoms with E-state index in [0.29, 0.717) is 12.2 Å². The number of H-pyrrole nitrogens is 1. The Morgan fingerprint density at radius 2 is 2.19 bits per heavy atom. The largest absolute Gasteiger partial charge is 0.394 e. The van der Waals surface area contributed by atoms with E-state index in [1.165, 1.54) is 10.8 Å². The Labute approximate surface area is 120 Å². The molecule has 21 heavy (non-hydrogen) atoms. The quantitative estimate of drug-likeness (QED) is 0.635. The smallest absolute Gasteiger partial charge is 0.330 e. The lowest BCUT2D eigenvalue weighted by molar-refractivity contribution is -0.0742. The highest BCUT2D eigenvalue weighted by molar-refractivity contribution is 5.03. The van der Waals surface area contributed by atoms with Crippen LogP contribution in [0.2, 0.25) is 0 Å². The molecule has 2 rings (SSSR count). The number of hydrogen-bond acceptors (Lipinski definition) is 6. The number of aliphatic hydroxyl groups excluding tert-OH is 2. The highest BCUT2D eigenvalue weighted by Crippen LogP contribution is 2.30. The summed E-state index contributed by atoms with van der Waals surface area (Å²) in [6.07, 6.45) is -1.47. The van der Waals surface area contributed by atoms with Crippen LogP contribution in [-0.2, 0) is 9.47 Å². The zero-order valence-electron chi connectivity index (χ0n) is 12.0. The molecule has 0 radical (unpaired) electrons. The molecule has 0 amide bonds. The zero-order valence-corrected chi connectivity index (χ0v) is 12.0. The fourth-order valence-electron chi connectivity index (χ4n) is 2.30. The predicted octanol–water partition coefficient (Wildman–Crippen LogP) is -1.11. The Kier molecular flexibility index (Phi) is 4.94. The second-order valence-corrected chi connectivity index (χ2v) is 5.05. The Morgan fingerprint density at radius 1 is 1.48 bits per heavy atom. The van der Waals surface area contributed by atoms with E-state index in [1.54, 1.807) is 6.92 Å². The first-order valence-electron chi connectivity index (χ1n) is 6.87. The van der Waals surface area contributed by atoms with Gasteiger partial charge in [0.1, 0.15) is 18.3 Å². The maximum absolute atomic E-state index is 11.9. The fraction of sp³-hybridized carbons (Fsp3) is 0.692. The number of nitrogens with zero attached hydrogens (tertiary/aromatic N) is 1. The predicted molar refractivity (Wildman–Crippen MR) is 73.1 cm³/mol. The molecule has 4 atom stereocenters. The lowest BCUT2D eigenvalue weighted by Gasteiger charge is -2.22. The molecule has 0 bridgehead atoms. The van der Waals surface area contributed by atoms with Crippen molar-refractivity contribution >= 4 is 0 Å². The van der Waals surface area contributed by atoms with E-state index in [4.69, 9.17) is 9.47 Å². The van der Waals surface area contributed by atoms with Crippen LogP contribution in [-0.4, -0.2) is 51.3 Å². The molecule has 0 spiro atoms. The van der Waals surface area contributed by atoms with Gasteiger partial charge in [-0.1, -0.05) is 6.92 Å². The van der Waals surface area contributed by atoms with Gasteiger partial charge in [-0.25, -0.2) is 4.79 Å². The van der Waals surface area contributed by atoms with Gasteiger partial charge in [-0.15, -0.1) is 0 Å². The molecular weight excluding hydrogens is 280 g/mol. The minimum Gasteiger partial charge on any atom is -0.394 e. The van der Waals surface area contributed by atoms with Crippen molar-refractivity contribution < 1.29 is 19.7 Å². The van der Waals surface area contributed by atoms with E-state index in [0.717, 1.165) is 6.42 Å². The van der Waals surface area contributed by atoms with Gasteiger partial charge in [0.05, 0.1) is 6.61 Å². The topological polar surface area (TPSA) is 114 Å². The summed E-state index contributed by atoms with van der Waals surface area (Å²) in [5, 5.41) is 19.4. The third-order valence-corrected chi connectivity index (χ3v) is 3.43. The van der Waals surface area contributed by atoms with Crippen molar-refractivity contribution in [3.05, 3.63) is 32.6 Å². The average Bonchev–Trinajstić information content (AvgIpc) is 2.77. The Hall–Kier alpha value is -1.48. The third-order valence-electron chi connectivity index (χ3n) is 3.43. The molecule has 8 nitrogen and oxygen atoms in total. The number of aliphatic hydroxyl groups is 2. The molecule has 0 unspecified atom stereocenters. The molecule has 0 saturated carbocycles. The molecule has 1 aliphatic heterocycles. The van der Waals surface area contributed by atoms with Crippen LogP contribution < -0.4 is 11.2 Å². The molecule has 1 fully saturated rings. The van der Waals surface area contributed by atoms with E-state index in [-0.39, 0.29) is 6.61 Å². The summed E-state index contributed by atoms with van der Waals surface area (Å²) in [4.78, 5) is 25.5. The zero-order chi connectivity index (χ0) is 15.6. The Balaban J connectivity index is 2.37. The van der Waals surface area contributed by atoms with Gasteiger partial charge < -0.3 is 19.7 Å². The number of hydrogen-bond donors (Lipinski definition) is 3. The molecule has 0 aliphatic carbocycles. The van der Waals surface area contributed by atoms with E-state index < -0.39 is 35.8 Å². The highest BCUT2D eigenvalue weighted by Gasteiger charge is 2.45. The molecule has 1 aliphatic rings. The maximum atomic E-state index is 11.9. The number of nitrogens with one attached hydrogen (secondary N) is 1. The first kappa shape index (κ1) is 15.9. The lowest BCUT2D eigenvalue weighted by atomic mass is 10.1. The van der Waals surface area contributed by atoms with Crippen LogP contribution >= 0.6 is 0 Å². The van der Waals surface area contributed by atoms with Gasteiger partial charge in [-0.3, -0.25) is 14.3 Å². The summed E-state index contributed by atoms with van der Waals surface area (Å²) < 4.78 is 12.2. The SMILES string of the molecule is CCCO[C@@H]1[C@@H](O)[C@@H](CO)O[C@H]1n1cc(C)c(=O)[nH]c1=O. The van der Waals surface area contributed by atoms with Gasteiger partial charge in [0.25, 0.3) is 5.56 Å². The minimum absolute atomic E-state index is 0.342. The average molecular weight is 300 g/mol. The van der Waals surface area contributed by atoms with Crippen LogP contribution in [0.3, 0.4) is 0 Å². The van der Waals surface area contributed by atoms with Crippen LogP contribution in [0.4, 0.5) is 0 Å². The summed E-state index contributed by atoms with van der Waals surface area (Å²) in [7, 11) is 0. The number of aromatic amines is 1. The highest BCUT2D eigenvalue weighted by atomic mass is 16.6. The summed E-state index contributed by atoms with van der Waals surface area (Å²) in [5.41, 5.74) is -0.777. The summed E-state index contributed by atoms with van der Waals surface area (Å²) >= 11 is 0. The van der Waals surface area contributed by atoms with E-state index in [9.17, 15) is 19.8 Å². The van der Waals surface area contributed by atoms with Crippen molar-refractivity contribution in [2.75, 3.05) is 13.2 Å². The second kappa shape index (κ2) is 6.52. The van der Waals surface area contributed by atoms with Crippen molar-refractivity contribution in [1.29, 1.82) is 0 Å². The van der Waals surface area contributed by atoms with Crippen molar-refractivity contribution in [2.24, 2.45) is 0 Å². The van der Waals surface area contributed by atoms with Crippen LogP contribution in [0.15, 0.2) is 15.8 Å². The molecule has 8 heteroatoms. The van der Waals surface area contributed by atoms with Gasteiger partial charge in [0.15, 0.2) is 6.23 Å².